The third kappa shape index (κ3) is 6.75. The van der Waals surface area contributed by atoms with Crippen molar-refractivity contribution >= 4 is 34.7 Å². The zero-order valence-electron chi connectivity index (χ0n) is 21.3. The number of nitrogens with one attached hydrogen (secondary N) is 3. The molecule has 2 amide bonds. The largest absolute Gasteiger partial charge is 0.389 e. The monoisotopic (exact) mass is 541 g/mol. The van der Waals surface area contributed by atoms with E-state index in [4.69, 9.17) is 0 Å². The first-order valence-corrected chi connectivity index (χ1v) is 13.0. The maximum absolute atomic E-state index is 12.6. The van der Waals surface area contributed by atoms with Crippen molar-refractivity contribution in [2.24, 2.45) is 0 Å². The van der Waals surface area contributed by atoms with E-state index in [0.717, 1.165) is 42.8 Å². The second kappa shape index (κ2) is 11.4. The number of pyridine rings is 1. The fraction of sp³-hybridized carbons (Fsp3) is 0.407. The Morgan fingerprint density at radius 2 is 1.97 bits per heavy atom. The Kier molecular flexibility index (Phi) is 7.82. The van der Waals surface area contributed by atoms with Crippen molar-refractivity contribution in [1.29, 1.82) is 0 Å². The average molecular weight is 542 g/mol. The van der Waals surface area contributed by atoms with Gasteiger partial charge in [-0.1, -0.05) is 6.08 Å². The molecular formula is C27H30F3N7O2. The van der Waals surface area contributed by atoms with Gasteiger partial charge < -0.3 is 20.9 Å². The van der Waals surface area contributed by atoms with Gasteiger partial charge in [0.05, 0.1) is 6.42 Å². The van der Waals surface area contributed by atoms with Crippen LogP contribution in [-0.4, -0.2) is 69.7 Å². The molecule has 2 aromatic heterocycles. The first-order chi connectivity index (χ1) is 18.7. The minimum atomic E-state index is -4.34. The standard InChI is InChI=1S/C27H30F3N7O2/c28-27(29,30)12-9-23(38)36-15-10-18(11-16-36)22-4-2-14-37-24(22)34-26(35-37)33-20-7-5-19(6-8-20)25(39)32-21-3-1-13-31-17-21/h2,4-8,10,14,21,31H,1,3,9,11-13,15-17H2,(H,32,39)(H,33,35)/t21-/m0/s1. The molecule has 39 heavy (non-hydrogen) atoms. The van der Waals surface area contributed by atoms with Crippen molar-refractivity contribution in [3.63, 3.8) is 0 Å². The maximum Gasteiger partial charge on any atom is 0.389 e. The first-order valence-electron chi connectivity index (χ1n) is 13.0. The molecule has 0 aliphatic carbocycles. The number of hydrogen-bond donors (Lipinski definition) is 3. The van der Waals surface area contributed by atoms with Gasteiger partial charge in [-0.15, -0.1) is 5.10 Å². The molecule has 0 radical (unpaired) electrons. The van der Waals surface area contributed by atoms with Crippen LogP contribution >= 0.6 is 0 Å². The number of carbonyl (C=O) groups is 2. The number of alkyl halides is 3. The summed E-state index contributed by atoms with van der Waals surface area (Å²) in [4.78, 5) is 30.8. The van der Waals surface area contributed by atoms with Crippen molar-refractivity contribution in [2.75, 3.05) is 31.5 Å². The molecule has 9 nitrogen and oxygen atoms in total. The minimum absolute atomic E-state index is 0.105. The van der Waals surface area contributed by atoms with Crippen molar-refractivity contribution in [2.45, 2.75) is 44.3 Å². The molecule has 1 aromatic carbocycles. The third-order valence-electron chi connectivity index (χ3n) is 6.93. The Bertz CT molecular complexity index is 1360. The molecule has 0 bridgehead atoms. The topological polar surface area (TPSA) is 104 Å². The molecule has 1 atom stereocenters. The number of carbonyl (C=O) groups excluding carboxylic acids is 2. The van der Waals surface area contributed by atoms with Gasteiger partial charge in [-0.2, -0.15) is 18.2 Å². The van der Waals surface area contributed by atoms with Gasteiger partial charge in [0.2, 0.25) is 11.9 Å². The van der Waals surface area contributed by atoms with E-state index in [-0.39, 0.29) is 18.5 Å². The Balaban J connectivity index is 1.23. The number of amides is 2. The van der Waals surface area contributed by atoms with Crippen molar-refractivity contribution in [3.05, 3.63) is 59.8 Å². The van der Waals surface area contributed by atoms with Crippen LogP contribution in [0.15, 0.2) is 48.7 Å². The summed E-state index contributed by atoms with van der Waals surface area (Å²) < 4.78 is 39.0. The van der Waals surface area contributed by atoms with Gasteiger partial charge in [0, 0.05) is 55.1 Å². The molecule has 0 unspecified atom stereocenters. The van der Waals surface area contributed by atoms with Crippen LogP contribution in [0.25, 0.3) is 11.2 Å². The van der Waals surface area contributed by atoms with Crippen molar-refractivity contribution in [3.8, 4) is 0 Å². The van der Waals surface area contributed by atoms with Crippen molar-refractivity contribution < 1.29 is 22.8 Å². The summed E-state index contributed by atoms with van der Waals surface area (Å²) in [5.41, 5.74) is 3.74. The van der Waals surface area contributed by atoms with Gasteiger partial charge in [-0.25, -0.2) is 4.52 Å². The number of aromatic nitrogens is 3. The second-order valence-electron chi connectivity index (χ2n) is 9.78. The predicted octanol–water partition coefficient (Wildman–Crippen LogP) is 3.91. The lowest BCUT2D eigenvalue weighted by Gasteiger charge is -2.27. The highest BCUT2D eigenvalue weighted by Gasteiger charge is 2.29. The summed E-state index contributed by atoms with van der Waals surface area (Å²) in [7, 11) is 0. The highest BCUT2D eigenvalue weighted by molar-refractivity contribution is 5.94. The van der Waals surface area contributed by atoms with E-state index in [0.29, 0.717) is 30.1 Å². The number of anilines is 2. The number of fused-ring (bicyclic) bond motifs is 1. The molecule has 3 aromatic rings. The van der Waals surface area contributed by atoms with E-state index in [1.807, 2.05) is 18.2 Å². The lowest BCUT2D eigenvalue weighted by atomic mass is 10.00. The fourth-order valence-corrected chi connectivity index (χ4v) is 4.83. The van der Waals surface area contributed by atoms with Crippen LogP contribution in [-0.2, 0) is 4.79 Å². The van der Waals surface area contributed by atoms with Gasteiger partial charge >= 0.3 is 6.18 Å². The van der Waals surface area contributed by atoms with Gasteiger partial charge in [0.25, 0.3) is 5.91 Å². The normalized spacial score (nSPS) is 18.1. The molecule has 4 heterocycles. The molecule has 1 saturated heterocycles. The molecule has 1 fully saturated rings. The van der Waals surface area contributed by atoms with Crippen LogP contribution in [0.1, 0.15) is 48.0 Å². The van der Waals surface area contributed by atoms with Gasteiger partial charge in [-0.3, -0.25) is 9.59 Å². The highest BCUT2D eigenvalue weighted by Crippen LogP contribution is 2.28. The Morgan fingerprint density at radius 3 is 2.67 bits per heavy atom. The van der Waals surface area contributed by atoms with E-state index < -0.39 is 24.9 Å². The quantitative estimate of drug-likeness (QED) is 0.419. The zero-order chi connectivity index (χ0) is 27.4. The van der Waals surface area contributed by atoms with Crippen LogP contribution in [0.3, 0.4) is 0 Å². The van der Waals surface area contributed by atoms with Gasteiger partial charge in [0.1, 0.15) is 0 Å². The van der Waals surface area contributed by atoms with Crippen LogP contribution in [0.5, 0.6) is 0 Å². The van der Waals surface area contributed by atoms with Crippen LogP contribution < -0.4 is 16.0 Å². The lowest BCUT2D eigenvalue weighted by molar-refractivity contribution is -0.148. The molecule has 5 rings (SSSR count). The zero-order valence-corrected chi connectivity index (χ0v) is 21.3. The molecule has 0 saturated carbocycles. The van der Waals surface area contributed by atoms with Crippen molar-refractivity contribution in [1.82, 2.24) is 30.1 Å². The van der Waals surface area contributed by atoms with Gasteiger partial charge in [-0.05, 0) is 67.8 Å². The Labute approximate surface area is 223 Å². The summed E-state index contributed by atoms with van der Waals surface area (Å²) in [6, 6.07) is 11.0. The number of nitrogens with zero attached hydrogens (tertiary/aromatic N) is 4. The first kappa shape index (κ1) is 26.7. The molecule has 206 valence electrons. The number of hydrogen-bond acceptors (Lipinski definition) is 6. The van der Waals surface area contributed by atoms with E-state index in [9.17, 15) is 22.8 Å². The molecule has 12 heteroatoms. The smallest absolute Gasteiger partial charge is 0.348 e. The predicted molar refractivity (Wildman–Crippen MR) is 141 cm³/mol. The third-order valence-corrected chi connectivity index (χ3v) is 6.93. The molecule has 0 spiro atoms. The van der Waals surface area contributed by atoms with Crippen LogP contribution in [0.4, 0.5) is 24.8 Å². The molecule has 3 N–H and O–H groups in total. The molecule has 2 aliphatic rings. The fourth-order valence-electron chi connectivity index (χ4n) is 4.83. The summed E-state index contributed by atoms with van der Waals surface area (Å²) in [5.74, 6) is -0.218. The Morgan fingerprint density at radius 1 is 1.15 bits per heavy atom. The van der Waals surface area contributed by atoms with E-state index in [1.165, 1.54) is 4.90 Å². The van der Waals surface area contributed by atoms with E-state index >= 15 is 0 Å². The number of halogens is 3. The second-order valence-corrected chi connectivity index (χ2v) is 9.78. The lowest BCUT2D eigenvalue weighted by Crippen LogP contribution is -2.45. The minimum Gasteiger partial charge on any atom is -0.348 e. The molecule has 2 aliphatic heterocycles. The molecular weight excluding hydrogens is 511 g/mol. The number of rotatable bonds is 7. The number of piperidine rings is 1. The van der Waals surface area contributed by atoms with Gasteiger partial charge in [0.15, 0.2) is 5.65 Å². The highest BCUT2D eigenvalue weighted by atomic mass is 19.4. The summed E-state index contributed by atoms with van der Waals surface area (Å²) in [6.45, 7) is 2.36. The van der Waals surface area contributed by atoms with E-state index in [2.05, 4.69) is 26.0 Å². The maximum atomic E-state index is 12.6. The SMILES string of the molecule is O=C(N[C@H]1CCCNC1)c1ccc(Nc2nc3c(C4=CCN(C(=O)CCC(F)(F)F)CC4)cccn3n2)cc1. The summed E-state index contributed by atoms with van der Waals surface area (Å²) >= 11 is 0. The summed E-state index contributed by atoms with van der Waals surface area (Å²) in [5, 5.41) is 14.0. The average Bonchev–Trinajstić information content (AvgIpc) is 3.35. The van der Waals surface area contributed by atoms with E-state index in [1.54, 1.807) is 35.0 Å². The van der Waals surface area contributed by atoms with Crippen LogP contribution in [0, 0.1) is 0 Å². The summed E-state index contributed by atoms with van der Waals surface area (Å²) in [6.07, 6.45) is 0.169. The van der Waals surface area contributed by atoms with Crippen LogP contribution in [0.2, 0.25) is 0 Å². The Hall–Kier alpha value is -3.93. The number of benzene rings is 1.